The first kappa shape index (κ1) is 16.7. The van der Waals surface area contributed by atoms with Gasteiger partial charge in [-0.25, -0.2) is 0 Å². The van der Waals surface area contributed by atoms with Crippen molar-refractivity contribution in [2.45, 2.75) is 84.6 Å². The van der Waals surface area contributed by atoms with Crippen LogP contribution in [0.1, 0.15) is 78.6 Å². The molecule has 0 aliphatic heterocycles. The fourth-order valence-corrected chi connectivity index (χ4v) is 2.00. The number of hydrogen-bond donors (Lipinski definition) is 1. The molecule has 0 aliphatic carbocycles. The average molecular weight is 239 g/mol. The lowest BCUT2D eigenvalue weighted by Crippen LogP contribution is -2.24. The van der Waals surface area contributed by atoms with Gasteiger partial charge < -0.3 is 5.32 Å². The van der Waals surface area contributed by atoms with Gasteiger partial charge in [-0.15, -0.1) is 0 Å². The van der Waals surface area contributed by atoms with Gasteiger partial charge in [-0.05, 0) is 26.3 Å². The predicted octanol–water partition coefficient (Wildman–Crippen LogP) is 5.07. The number of allylic oxidation sites excluding steroid dienone is 1. The fraction of sp³-hybridized carbons (Fsp3) is 0.875. The quantitative estimate of drug-likeness (QED) is 0.370. The van der Waals surface area contributed by atoms with Gasteiger partial charge in [-0.1, -0.05) is 70.9 Å². The van der Waals surface area contributed by atoms with Crippen LogP contribution in [0.15, 0.2) is 12.2 Å². The van der Waals surface area contributed by atoms with Crippen molar-refractivity contribution < 1.29 is 0 Å². The van der Waals surface area contributed by atoms with Crippen LogP contribution in [0.5, 0.6) is 0 Å². The Morgan fingerprint density at radius 3 is 2.06 bits per heavy atom. The molecule has 0 bridgehead atoms. The van der Waals surface area contributed by atoms with Gasteiger partial charge in [-0.2, -0.15) is 0 Å². The highest BCUT2D eigenvalue weighted by Gasteiger charge is 1.95. The smallest absolute Gasteiger partial charge is 0.0221 e. The maximum absolute atomic E-state index is 3.54. The maximum Gasteiger partial charge on any atom is 0.0221 e. The Bertz CT molecular complexity index is 163. The van der Waals surface area contributed by atoms with E-state index in [0.717, 1.165) is 6.42 Å². The topological polar surface area (TPSA) is 12.0 Å². The molecule has 1 atom stereocenters. The number of rotatable bonds is 12. The molecular weight excluding hydrogens is 206 g/mol. The molecule has 0 fully saturated rings. The van der Waals surface area contributed by atoms with Gasteiger partial charge in [0.1, 0.15) is 0 Å². The molecule has 0 aromatic heterocycles. The zero-order valence-electron chi connectivity index (χ0n) is 12.3. The van der Waals surface area contributed by atoms with Crippen LogP contribution in [0, 0.1) is 0 Å². The summed E-state index contributed by atoms with van der Waals surface area (Å²) >= 11 is 0. The SMILES string of the molecule is CC/C=C/C(C)NCCCCCCCCCC. The van der Waals surface area contributed by atoms with Gasteiger partial charge >= 0.3 is 0 Å². The summed E-state index contributed by atoms with van der Waals surface area (Å²) in [6, 6.07) is 0.541. The molecule has 0 aromatic rings. The zero-order chi connectivity index (χ0) is 12.8. The highest BCUT2D eigenvalue weighted by molar-refractivity contribution is 4.89. The average Bonchev–Trinajstić information content (AvgIpc) is 2.34. The minimum absolute atomic E-state index is 0.541. The molecule has 102 valence electrons. The van der Waals surface area contributed by atoms with E-state index in [0.29, 0.717) is 6.04 Å². The third kappa shape index (κ3) is 13.6. The highest BCUT2D eigenvalue weighted by atomic mass is 14.9. The first-order valence-corrected chi connectivity index (χ1v) is 7.71. The third-order valence-corrected chi connectivity index (χ3v) is 3.16. The van der Waals surface area contributed by atoms with Crippen molar-refractivity contribution in [1.29, 1.82) is 0 Å². The van der Waals surface area contributed by atoms with E-state index in [1.807, 2.05) is 0 Å². The minimum atomic E-state index is 0.541. The molecule has 0 heterocycles. The van der Waals surface area contributed by atoms with E-state index in [9.17, 15) is 0 Å². The van der Waals surface area contributed by atoms with Crippen LogP contribution >= 0.6 is 0 Å². The summed E-state index contributed by atoms with van der Waals surface area (Å²) in [4.78, 5) is 0. The fourth-order valence-electron chi connectivity index (χ4n) is 2.00. The van der Waals surface area contributed by atoms with Gasteiger partial charge in [0.05, 0.1) is 0 Å². The molecule has 0 rings (SSSR count). The van der Waals surface area contributed by atoms with Crippen molar-refractivity contribution in [3.8, 4) is 0 Å². The molecule has 0 aromatic carbocycles. The molecule has 1 heteroatoms. The van der Waals surface area contributed by atoms with Crippen LogP contribution in [0.4, 0.5) is 0 Å². The largest absolute Gasteiger partial charge is 0.311 e. The summed E-state index contributed by atoms with van der Waals surface area (Å²) < 4.78 is 0. The van der Waals surface area contributed by atoms with Gasteiger partial charge in [0.25, 0.3) is 0 Å². The Morgan fingerprint density at radius 1 is 0.882 bits per heavy atom. The summed E-state index contributed by atoms with van der Waals surface area (Å²) in [6.07, 6.45) is 16.9. The lowest BCUT2D eigenvalue weighted by atomic mass is 10.1. The molecule has 0 saturated carbocycles. The van der Waals surface area contributed by atoms with Crippen LogP contribution < -0.4 is 5.32 Å². The van der Waals surface area contributed by atoms with Crippen LogP contribution in [0.25, 0.3) is 0 Å². The second-order valence-electron chi connectivity index (χ2n) is 5.05. The first-order chi connectivity index (χ1) is 8.31. The Hall–Kier alpha value is -0.300. The summed E-state index contributed by atoms with van der Waals surface area (Å²) in [7, 11) is 0. The lowest BCUT2D eigenvalue weighted by Gasteiger charge is -2.09. The monoisotopic (exact) mass is 239 g/mol. The van der Waals surface area contributed by atoms with Gasteiger partial charge in [0.2, 0.25) is 0 Å². The van der Waals surface area contributed by atoms with Crippen molar-refractivity contribution in [2.75, 3.05) is 6.54 Å². The van der Waals surface area contributed by atoms with E-state index in [1.54, 1.807) is 0 Å². The molecule has 0 radical (unpaired) electrons. The molecular formula is C16H33N. The van der Waals surface area contributed by atoms with Gasteiger partial charge in [0, 0.05) is 6.04 Å². The predicted molar refractivity (Wildman–Crippen MR) is 79.5 cm³/mol. The third-order valence-electron chi connectivity index (χ3n) is 3.16. The van der Waals surface area contributed by atoms with Crippen molar-refractivity contribution in [3.63, 3.8) is 0 Å². The summed E-state index contributed by atoms with van der Waals surface area (Å²) in [6.45, 7) is 7.86. The number of hydrogen-bond acceptors (Lipinski definition) is 1. The second kappa shape index (κ2) is 13.8. The molecule has 1 nitrogen and oxygen atoms in total. The van der Waals surface area contributed by atoms with E-state index in [2.05, 4.69) is 38.2 Å². The van der Waals surface area contributed by atoms with E-state index in [4.69, 9.17) is 0 Å². The standard InChI is InChI=1S/C16H33N/c1-4-6-8-9-10-11-12-13-15-17-16(3)14-7-5-2/h7,14,16-17H,4-6,8-13,15H2,1-3H3/b14-7+. The maximum atomic E-state index is 3.54. The molecule has 0 amide bonds. The number of unbranched alkanes of at least 4 members (excludes halogenated alkanes) is 7. The van der Waals surface area contributed by atoms with E-state index >= 15 is 0 Å². The molecule has 0 aliphatic rings. The Kier molecular flexibility index (Phi) is 13.5. The Morgan fingerprint density at radius 2 is 1.47 bits per heavy atom. The van der Waals surface area contributed by atoms with Crippen LogP contribution in [-0.4, -0.2) is 12.6 Å². The molecule has 1 N–H and O–H groups in total. The van der Waals surface area contributed by atoms with Crippen LogP contribution in [0.3, 0.4) is 0 Å². The highest BCUT2D eigenvalue weighted by Crippen LogP contribution is 2.07. The lowest BCUT2D eigenvalue weighted by molar-refractivity contribution is 0.543. The van der Waals surface area contributed by atoms with E-state index < -0.39 is 0 Å². The van der Waals surface area contributed by atoms with Gasteiger partial charge in [0.15, 0.2) is 0 Å². The minimum Gasteiger partial charge on any atom is -0.311 e. The van der Waals surface area contributed by atoms with Crippen LogP contribution in [-0.2, 0) is 0 Å². The van der Waals surface area contributed by atoms with Crippen molar-refractivity contribution >= 4 is 0 Å². The summed E-state index contributed by atoms with van der Waals surface area (Å²) in [5, 5.41) is 3.54. The molecule has 1 unspecified atom stereocenters. The van der Waals surface area contributed by atoms with Gasteiger partial charge in [-0.3, -0.25) is 0 Å². The Labute approximate surface area is 109 Å². The molecule has 0 spiro atoms. The number of nitrogens with one attached hydrogen (secondary N) is 1. The first-order valence-electron chi connectivity index (χ1n) is 7.71. The normalized spacial score (nSPS) is 13.4. The van der Waals surface area contributed by atoms with Crippen molar-refractivity contribution in [3.05, 3.63) is 12.2 Å². The summed E-state index contributed by atoms with van der Waals surface area (Å²) in [5.74, 6) is 0. The summed E-state index contributed by atoms with van der Waals surface area (Å²) in [5.41, 5.74) is 0. The van der Waals surface area contributed by atoms with Crippen molar-refractivity contribution in [1.82, 2.24) is 5.32 Å². The van der Waals surface area contributed by atoms with E-state index in [1.165, 1.54) is 57.9 Å². The Balaban J connectivity index is 3.10. The molecule has 0 saturated heterocycles. The van der Waals surface area contributed by atoms with E-state index in [-0.39, 0.29) is 0 Å². The van der Waals surface area contributed by atoms with Crippen LogP contribution in [0.2, 0.25) is 0 Å². The second-order valence-corrected chi connectivity index (χ2v) is 5.05. The zero-order valence-corrected chi connectivity index (χ0v) is 12.3. The molecule has 17 heavy (non-hydrogen) atoms. The van der Waals surface area contributed by atoms with Crippen molar-refractivity contribution in [2.24, 2.45) is 0 Å².